The van der Waals surface area contributed by atoms with Gasteiger partial charge in [-0.2, -0.15) is 0 Å². The van der Waals surface area contributed by atoms with Gasteiger partial charge in [0.2, 0.25) is 0 Å². The van der Waals surface area contributed by atoms with E-state index >= 15 is 0 Å². The summed E-state index contributed by atoms with van der Waals surface area (Å²) in [6.45, 7) is 3.45. The summed E-state index contributed by atoms with van der Waals surface area (Å²) < 4.78 is 27.2. The Morgan fingerprint density at radius 2 is 1.95 bits per heavy atom. The predicted molar refractivity (Wildman–Crippen MR) is 80.4 cm³/mol. The van der Waals surface area contributed by atoms with Gasteiger partial charge in [0.05, 0.1) is 16.8 Å². The normalized spacial score (nSPS) is 11.3. The van der Waals surface area contributed by atoms with Crippen LogP contribution in [0, 0.1) is 13.8 Å². The van der Waals surface area contributed by atoms with Crippen molar-refractivity contribution in [3.05, 3.63) is 46.7 Å². The first-order valence-electron chi connectivity index (χ1n) is 5.81. The molecule has 2 aromatic rings. The molecule has 0 saturated heterocycles. The van der Waals surface area contributed by atoms with Gasteiger partial charge in [-0.25, -0.2) is 8.42 Å². The molecule has 0 aliphatic rings. The summed E-state index contributed by atoms with van der Waals surface area (Å²) in [5, 5.41) is 0.274. The molecule has 7 heteroatoms. The first kappa shape index (κ1) is 14.6. The minimum atomic E-state index is -3.76. The fourth-order valence-corrected chi connectivity index (χ4v) is 3.33. The summed E-state index contributed by atoms with van der Waals surface area (Å²) in [6, 6.07) is 6.25. The third-order valence-corrected chi connectivity index (χ3v) is 4.54. The van der Waals surface area contributed by atoms with Crippen LogP contribution in [-0.4, -0.2) is 13.4 Å². The zero-order chi connectivity index (χ0) is 14.9. The Morgan fingerprint density at radius 1 is 1.25 bits per heavy atom. The minimum absolute atomic E-state index is 0.0584. The standard InChI is InChI=1S/C13H14ClN3O2S/c1-8-3-4-11(7-16-8)17-20(18,19)13-6-10(14)5-12(15)9(13)2/h3-7,17H,15H2,1-2H3. The molecule has 0 unspecified atom stereocenters. The highest BCUT2D eigenvalue weighted by Gasteiger charge is 2.19. The van der Waals surface area contributed by atoms with Crippen molar-refractivity contribution in [2.45, 2.75) is 18.7 Å². The quantitative estimate of drug-likeness (QED) is 0.853. The number of aromatic nitrogens is 1. The highest BCUT2D eigenvalue weighted by Crippen LogP contribution is 2.27. The molecular formula is C13H14ClN3O2S. The fourth-order valence-electron chi connectivity index (χ4n) is 1.69. The van der Waals surface area contributed by atoms with Crippen molar-refractivity contribution in [3.8, 4) is 0 Å². The van der Waals surface area contributed by atoms with E-state index < -0.39 is 10.0 Å². The van der Waals surface area contributed by atoms with Crippen LogP contribution < -0.4 is 10.5 Å². The van der Waals surface area contributed by atoms with E-state index in [4.69, 9.17) is 17.3 Å². The molecule has 0 fully saturated rings. The van der Waals surface area contributed by atoms with Gasteiger partial charge in [0.15, 0.2) is 0 Å². The fraction of sp³-hybridized carbons (Fsp3) is 0.154. The molecule has 1 aromatic heterocycles. The monoisotopic (exact) mass is 311 g/mol. The Bertz CT molecular complexity index is 743. The number of nitrogens with zero attached hydrogens (tertiary/aromatic N) is 1. The number of rotatable bonds is 3. The Hall–Kier alpha value is -1.79. The van der Waals surface area contributed by atoms with Crippen LogP contribution in [0.3, 0.4) is 0 Å². The highest BCUT2D eigenvalue weighted by molar-refractivity contribution is 7.92. The summed E-state index contributed by atoms with van der Waals surface area (Å²) in [6.07, 6.45) is 1.45. The topological polar surface area (TPSA) is 85.1 Å². The van der Waals surface area contributed by atoms with Crippen LogP contribution in [0.2, 0.25) is 5.02 Å². The molecule has 1 heterocycles. The number of aryl methyl sites for hydroxylation is 1. The molecule has 2 rings (SSSR count). The zero-order valence-corrected chi connectivity index (χ0v) is 12.6. The van der Waals surface area contributed by atoms with Crippen molar-refractivity contribution < 1.29 is 8.42 Å². The van der Waals surface area contributed by atoms with Crippen molar-refractivity contribution in [3.63, 3.8) is 0 Å². The highest BCUT2D eigenvalue weighted by atomic mass is 35.5. The Labute approximate surface area is 122 Å². The molecule has 0 bridgehead atoms. The van der Waals surface area contributed by atoms with E-state index in [1.165, 1.54) is 18.3 Å². The number of nitrogens with one attached hydrogen (secondary N) is 1. The lowest BCUT2D eigenvalue weighted by atomic mass is 10.2. The second kappa shape index (κ2) is 5.30. The maximum absolute atomic E-state index is 12.4. The van der Waals surface area contributed by atoms with Gasteiger partial charge in [-0.05, 0) is 43.7 Å². The minimum Gasteiger partial charge on any atom is -0.398 e. The summed E-state index contributed by atoms with van der Waals surface area (Å²) in [5.74, 6) is 0. The average molecular weight is 312 g/mol. The third-order valence-electron chi connectivity index (χ3n) is 2.82. The lowest BCUT2D eigenvalue weighted by Gasteiger charge is -2.12. The number of anilines is 2. The van der Waals surface area contributed by atoms with Gasteiger partial charge in [-0.3, -0.25) is 9.71 Å². The van der Waals surface area contributed by atoms with Gasteiger partial charge in [-0.15, -0.1) is 0 Å². The lowest BCUT2D eigenvalue weighted by molar-refractivity contribution is 0.600. The van der Waals surface area contributed by atoms with E-state index in [-0.39, 0.29) is 9.92 Å². The molecule has 0 aliphatic heterocycles. The number of hydrogen-bond donors (Lipinski definition) is 2. The first-order valence-corrected chi connectivity index (χ1v) is 7.67. The lowest BCUT2D eigenvalue weighted by Crippen LogP contribution is -2.15. The summed E-state index contributed by atoms with van der Waals surface area (Å²) in [7, 11) is -3.76. The SMILES string of the molecule is Cc1ccc(NS(=O)(=O)c2cc(Cl)cc(N)c2C)cn1. The largest absolute Gasteiger partial charge is 0.398 e. The number of nitrogens with two attached hydrogens (primary N) is 1. The molecule has 0 radical (unpaired) electrons. The smallest absolute Gasteiger partial charge is 0.262 e. The molecule has 3 N–H and O–H groups in total. The second-order valence-corrected chi connectivity index (χ2v) is 6.50. The van der Waals surface area contributed by atoms with Gasteiger partial charge in [0.25, 0.3) is 10.0 Å². The number of nitrogen functional groups attached to an aromatic ring is 1. The number of benzene rings is 1. The van der Waals surface area contributed by atoms with Gasteiger partial charge in [-0.1, -0.05) is 11.6 Å². The number of pyridine rings is 1. The van der Waals surface area contributed by atoms with Crippen molar-refractivity contribution in [1.82, 2.24) is 4.98 Å². The molecule has 20 heavy (non-hydrogen) atoms. The van der Waals surface area contributed by atoms with Gasteiger partial charge in [0.1, 0.15) is 0 Å². The molecule has 0 aliphatic carbocycles. The van der Waals surface area contributed by atoms with Crippen molar-refractivity contribution >= 4 is 33.0 Å². The second-order valence-electron chi connectivity index (χ2n) is 4.41. The summed E-state index contributed by atoms with van der Waals surface area (Å²) in [4.78, 5) is 4.10. The van der Waals surface area contributed by atoms with Crippen LogP contribution in [0.15, 0.2) is 35.4 Å². The Kier molecular flexibility index (Phi) is 3.87. The van der Waals surface area contributed by atoms with E-state index in [2.05, 4.69) is 9.71 Å². The molecule has 5 nitrogen and oxygen atoms in total. The first-order chi connectivity index (χ1) is 9.29. The van der Waals surface area contributed by atoms with E-state index in [0.717, 1.165) is 5.69 Å². The van der Waals surface area contributed by atoms with E-state index in [0.29, 0.717) is 16.9 Å². The summed E-state index contributed by atoms with van der Waals surface area (Å²) >= 11 is 5.87. The third kappa shape index (κ3) is 3.02. The van der Waals surface area contributed by atoms with Gasteiger partial charge in [0, 0.05) is 16.4 Å². The van der Waals surface area contributed by atoms with E-state index in [1.54, 1.807) is 19.1 Å². The molecule has 0 atom stereocenters. The van der Waals surface area contributed by atoms with Crippen molar-refractivity contribution in [2.24, 2.45) is 0 Å². The Morgan fingerprint density at radius 3 is 2.55 bits per heavy atom. The average Bonchev–Trinajstić information content (AvgIpc) is 2.36. The van der Waals surface area contributed by atoms with Crippen LogP contribution >= 0.6 is 11.6 Å². The van der Waals surface area contributed by atoms with Crippen LogP contribution in [0.5, 0.6) is 0 Å². The molecule has 0 amide bonds. The Balaban J connectivity index is 2.43. The predicted octanol–water partition coefficient (Wildman–Crippen LogP) is 2.73. The molecule has 0 spiro atoms. The van der Waals surface area contributed by atoms with E-state index in [9.17, 15) is 8.42 Å². The van der Waals surface area contributed by atoms with Crippen molar-refractivity contribution in [1.29, 1.82) is 0 Å². The van der Waals surface area contributed by atoms with Crippen LogP contribution in [-0.2, 0) is 10.0 Å². The maximum Gasteiger partial charge on any atom is 0.262 e. The maximum atomic E-state index is 12.4. The molecular weight excluding hydrogens is 298 g/mol. The van der Waals surface area contributed by atoms with Crippen LogP contribution in [0.25, 0.3) is 0 Å². The number of sulfonamides is 1. The summed E-state index contributed by atoms with van der Waals surface area (Å²) in [5.41, 5.74) is 7.72. The van der Waals surface area contributed by atoms with Gasteiger partial charge < -0.3 is 5.73 Å². The number of halogens is 1. The van der Waals surface area contributed by atoms with Crippen molar-refractivity contribution in [2.75, 3.05) is 10.5 Å². The molecule has 0 saturated carbocycles. The molecule has 1 aromatic carbocycles. The van der Waals surface area contributed by atoms with E-state index in [1.807, 2.05) is 6.92 Å². The van der Waals surface area contributed by atoms with Gasteiger partial charge >= 0.3 is 0 Å². The van der Waals surface area contributed by atoms with Crippen LogP contribution in [0.1, 0.15) is 11.3 Å². The molecule has 106 valence electrons. The van der Waals surface area contributed by atoms with Crippen LogP contribution in [0.4, 0.5) is 11.4 Å². The number of hydrogen-bond acceptors (Lipinski definition) is 4. The zero-order valence-electron chi connectivity index (χ0n) is 11.0.